The monoisotopic (exact) mass is 297 g/mol. The number of hydrazine groups is 1. The van der Waals surface area contributed by atoms with Crippen molar-refractivity contribution in [3.63, 3.8) is 0 Å². The van der Waals surface area contributed by atoms with E-state index in [9.17, 15) is 9.59 Å². The standard InChI is InChI=1S/C16H15N3O3/c1-10-7-8-22-14(10)16(21)18-17-15(20)12-9-19(2)13-6-4-3-5-11(12)13/h3-9H,1-2H3,(H,17,20)(H,18,21). The van der Waals surface area contributed by atoms with Crippen LogP contribution in [0, 0.1) is 6.92 Å². The van der Waals surface area contributed by atoms with Gasteiger partial charge >= 0.3 is 5.91 Å². The average molecular weight is 297 g/mol. The van der Waals surface area contributed by atoms with Crippen LogP contribution in [0.5, 0.6) is 0 Å². The normalized spacial score (nSPS) is 10.6. The van der Waals surface area contributed by atoms with Crippen LogP contribution in [0.4, 0.5) is 0 Å². The number of nitrogens with one attached hydrogen (secondary N) is 2. The van der Waals surface area contributed by atoms with Crippen LogP contribution >= 0.6 is 0 Å². The van der Waals surface area contributed by atoms with Crippen molar-refractivity contribution in [1.29, 1.82) is 0 Å². The van der Waals surface area contributed by atoms with Crippen LogP contribution in [0.3, 0.4) is 0 Å². The summed E-state index contributed by atoms with van der Waals surface area (Å²) in [5.41, 5.74) is 6.91. The van der Waals surface area contributed by atoms with E-state index >= 15 is 0 Å². The Morgan fingerprint density at radius 2 is 1.82 bits per heavy atom. The lowest BCUT2D eigenvalue weighted by Crippen LogP contribution is -2.41. The topological polar surface area (TPSA) is 76.3 Å². The molecular weight excluding hydrogens is 282 g/mol. The van der Waals surface area contributed by atoms with Crippen LogP contribution in [-0.4, -0.2) is 16.4 Å². The number of hydrogen-bond donors (Lipinski definition) is 2. The van der Waals surface area contributed by atoms with Gasteiger partial charge in [-0.05, 0) is 19.1 Å². The van der Waals surface area contributed by atoms with Gasteiger partial charge in [0, 0.05) is 29.7 Å². The highest BCUT2D eigenvalue weighted by Crippen LogP contribution is 2.19. The summed E-state index contributed by atoms with van der Waals surface area (Å²) in [6, 6.07) is 9.25. The van der Waals surface area contributed by atoms with Gasteiger partial charge in [-0.25, -0.2) is 0 Å². The van der Waals surface area contributed by atoms with Crippen LogP contribution in [0.15, 0.2) is 47.2 Å². The highest BCUT2D eigenvalue weighted by molar-refractivity contribution is 6.07. The number of aryl methyl sites for hydroxylation is 2. The number of carbonyl (C=O) groups excluding carboxylic acids is 2. The van der Waals surface area contributed by atoms with Gasteiger partial charge in [0.25, 0.3) is 5.91 Å². The Labute approximate surface area is 126 Å². The summed E-state index contributed by atoms with van der Waals surface area (Å²) in [5, 5.41) is 0.825. The molecule has 0 saturated heterocycles. The zero-order valence-electron chi connectivity index (χ0n) is 12.2. The Kier molecular flexibility index (Phi) is 3.42. The molecule has 0 radical (unpaired) electrons. The third kappa shape index (κ3) is 2.35. The number of amides is 2. The van der Waals surface area contributed by atoms with E-state index in [0.717, 1.165) is 10.9 Å². The number of rotatable bonds is 2. The minimum Gasteiger partial charge on any atom is -0.459 e. The zero-order valence-corrected chi connectivity index (χ0v) is 12.2. The van der Waals surface area contributed by atoms with Crippen molar-refractivity contribution in [3.8, 4) is 0 Å². The number of fused-ring (bicyclic) bond motifs is 1. The predicted octanol–water partition coefficient (Wildman–Crippen LogP) is 2.15. The van der Waals surface area contributed by atoms with Crippen molar-refractivity contribution in [3.05, 3.63) is 59.7 Å². The van der Waals surface area contributed by atoms with Gasteiger partial charge in [0.05, 0.1) is 11.8 Å². The Morgan fingerprint density at radius 1 is 1.09 bits per heavy atom. The molecule has 0 aliphatic rings. The molecule has 0 unspecified atom stereocenters. The van der Waals surface area contributed by atoms with Crippen molar-refractivity contribution in [2.75, 3.05) is 0 Å². The Morgan fingerprint density at radius 3 is 2.55 bits per heavy atom. The first-order valence-electron chi connectivity index (χ1n) is 6.77. The number of nitrogens with zero attached hydrogens (tertiary/aromatic N) is 1. The van der Waals surface area contributed by atoms with Gasteiger partial charge in [0.2, 0.25) is 0 Å². The van der Waals surface area contributed by atoms with Gasteiger partial charge in [-0.2, -0.15) is 0 Å². The summed E-state index contributed by atoms with van der Waals surface area (Å²) in [6.07, 6.45) is 3.15. The molecule has 2 heterocycles. The summed E-state index contributed by atoms with van der Waals surface area (Å²) in [5.74, 6) is -0.691. The summed E-state index contributed by atoms with van der Waals surface area (Å²) < 4.78 is 6.93. The lowest BCUT2D eigenvalue weighted by Gasteiger charge is -2.05. The zero-order chi connectivity index (χ0) is 15.7. The number of carbonyl (C=O) groups is 2. The van der Waals surface area contributed by atoms with Crippen molar-refractivity contribution < 1.29 is 14.0 Å². The highest BCUT2D eigenvalue weighted by Gasteiger charge is 2.16. The van der Waals surface area contributed by atoms with Gasteiger partial charge < -0.3 is 8.98 Å². The number of aromatic nitrogens is 1. The van der Waals surface area contributed by atoms with Crippen LogP contribution in [-0.2, 0) is 7.05 Å². The molecule has 0 spiro atoms. The fraction of sp³-hybridized carbons (Fsp3) is 0.125. The Balaban J connectivity index is 1.77. The van der Waals surface area contributed by atoms with Gasteiger partial charge in [-0.3, -0.25) is 20.4 Å². The molecule has 22 heavy (non-hydrogen) atoms. The maximum absolute atomic E-state index is 12.3. The van der Waals surface area contributed by atoms with E-state index in [1.807, 2.05) is 35.9 Å². The van der Waals surface area contributed by atoms with Crippen molar-refractivity contribution in [2.24, 2.45) is 7.05 Å². The van der Waals surface area contributed by atoms with E-state index in [0.29, 0.717) is 11.1 Å². The van der Waals surface area contributed by atoms with Crippen molar-refractivity contribution in [1.82, 2.24) is 15.4 Å². The fourth-order valence-electron chi connectivity index (χ4n) is 2.37. The second-order valence-electron chi connectivity index (χ2n) is 5.01. The second-order valence-corrected chi connectivity index (χ2v) is 5.01. The first kappa shape index (κ1) is 13.9. The van der Waals surface area contributed by atoms with E-state index in [2.05, 4.69) is 10.9 Å². The Bertz CT molecular complexity index is 861. The largest absolute Gasteiger partial charge is 0.459 e. The van der Waals surface area contributed by atoms with Crippen molar-refractivity contribution >= 4 is 22.7 Å². The summed E-state index contributed by atoms with van der Waals surface area (Å²) >= 11 is 0. The average Bonchev–Trinajstić information content (AvgIpc) is 3.09. The Hall–Kier alpha value is -3.02. The van der Waals surface area contributed by atoms with Crippen LogP contribution in [0.25, 0.3) is 10.9 Å². The number of benzene rings is 1. The third-order valence-corrected chi connectivity index (χ3v) is 3.50. The molecule has 6 heteroatoms. The van der Waals surface area contributed by atoms with E-state index in [-0.39, 0.29) is 11.7 Å². The fourth-order valence-corrected chi connectivity index (χ4v) is 2.37. The lowest BCUT2D eigenvalue weighted by atomic mass is 10.2. The van der Waals surface area contributed by atoms with Crippen molar-refractivity contribution in [2.45, 2.75) is 6.92 Å². The molecule has 2 N–H and O–H groups in total. The van der Waals surface area contributed by atoms with E-state index in [4.69, 9.17) is 4.42 Å². The summed E-state index contributed by atoms with van der Waals surface area (Å²) in [7, 11) is 1.86. The smallest absolute Gasteiger partial charge is 0.305 e. The molecule has 3 rings (SSSR count). The maximum Gasteiger partial charge on any atom is 0.305 e. The maximum atomic E-state index is 12.3. The molecule has 2 aromatic heterocycles. The lowest BCUT2D eigenvalue weighted by molar-refractivity contribution is 0.0831. The number of hydrogen-bond acceptors (Lipinski definition) is 3. The van der Waals surface area contributed by atoms with E-state index in [1.165, 1.54) is 6.26 Å². The molecule has 0 aliphatic heterocycles. The van der Waals surface area contributed by atoms with E-state index in [1.54, 1.807) is 19.2 Å². The minimum atomic E-state index is -0.490. The van der Waals surface area contributed by atoms with Crippen LogP contribution < -0.4 is 10.9 Å². The molecule has 0 saturated carbocycles. The van der Waals surface area contributed by atoms with E-state index < -0.39 is 5.91 Å². The van der Waals surface area contributed by atoms with Gasteiger partial charge in [0.15, 0.2) is 5.76 Å². The number of para-hydroxylation sites is 1. The second kappa shape index (κ2) is 5.40. The highest BCUT2D eigenvalue weighted by atomic mass is 16.3. The third-order valence-electron chi connectivity index (χ3n) is 3.50. The van der Waals surface area contributed by atoms with Gasteiger partial charge in [-0.15, -0.1) is 0 Å². The SMILES string of the molecule is Cc1ccoc1C(=O)NNC(=O)c1cn(C)c2ccccc12. The molecule has 112 valence electrons. The quantitative estimate of drug-likeness (QED) is 0.712. The first-order chi connectivity index (χ1) is 10.6. The predicted molar refractivity (Wildman–Crippen MR) is 81.3 cm³/mol. The van der Waals surface area contributed by atoms with Gasteiger partial charge in [0.1, 0.15) is 0 Å². The first-order valence-corrected chi connectivity index (χ1v) is 6.77. The molecule has 3 aromatic rings. The molecule has 1 aromatic carbocycles. The van der Waals surface area contributed by atoms with Gasteiger partial charge in [-0.1, -0.05) is 18.2 Å². The molecule has 0 aliphatic carbocycles. The molecule has 2 amide bonds. The van der Waals surface area contributed by atoms with Crippen LogP contribution in [0.2, 0.25) is 0 Å². The molecule has 6 nitrogen and oxygen atoms in total. The van der Waals surface area contributed by atoms with Crippen LogP contribution in [0.1, 0.15) is 26.5 Å². The number of furan rings is 1. The molecule has 0 fully saturated rings. The molecular formula is C16H15N3O3. The minimum absolute atomic E-state index is 0.179. The molecule has 0 bridgehead atoms. The summed E-state index contributed by atoms with van der Waals surface area (Å²) in [4.78, 5) is 24.2. The molecule has 0 atom stereocenters. The summed E-state index contributed by atoms with van der Waals surface area (Å²) in [6.45, 7) is 1.75.